The van der Waals surface area contributed by atoms with E-state index < -0.39 is 0 Å². The normalized spacial score (nSPS) is 19.9. The molecule has 1 aromatic rings. The molecule has 1 heterocycles. The van der Waals surface area contributed by atoms with E-state index in [-0.39, 0.29) is 29.2 Å². The van der Waals surface area contributed by atoms with E-state index in [1.54, 1.807) is 19.1 Å². The Morgan fingerprint density at radius 3 is 2.46 bits per heavy atom. The number of benzene rings is 1. The molecule has 0 bridgehead atoms. The number of ketones is 2. The maximum Gasteiger partial charge on any atom is 0.173 e. The van der Waals surface area contributed by atoms with Crippen molar-refractivity contribution in [3.63, 3.8) is 0 Å². The van der Waals surface area contributed by atoms with Crippen molar-refractivity contribution in [1.82, 2.24) is 0 Å². The summed E-state index contributed by atoms with van der Waals surface area (Å²) in [5.74, 6) is 0.107. The molecule has 0 radical (unpaired) electrons. The number of thioether (sulfide) groups is 1. The molecule has 2 rings (SSSR count). The molecule has 0 aliphatic carbocycles. The van der Waals surface area contributed by atoms with Gasteiger partial charge in [0.15, 0.2) is 5.78 Å². The van der Waals surface area contributed by atoms with E-state index in [2.05, 4.69) is 24.9 Å². The quantitative estimate of drug-likeness (QED) is 0.655. The van der Waals surface area contributed by atoms with Gasteiger partial charge in [0.05, 0.1) is 23.3 Å². The maximum absolute atomic E-state index is 12.4. The number of hydrogen-bond acceptors (Lipinski definition) is 5. The molecule has 2 atom stereocenters. The van der Waals surface area contributed by atoms with Gasteiger partial charge in [0.2, 0.25) is 0 Å². The highest BCUT2D eigenvalue weighted by molar-refractivity contribution is 8.03. The van der Waals surface area contributed by atoms with Crippen molar-refractivity contribution in [2.24, 2.45) is 22.7 Å². The van der Waals surface area contributed by atoms with Gasteiger partial charge in [-0.1, -0.05) is 55.9 Å². The molecule has 1 aliphatic rings. The lowest BCUT2D eigenvalue weighted by atomic mass is 9.75. The van der Waals surface area contributed by atoms with Crippen LogP contribution < -0.4 is 0 Å². The van der Waals surface area contributed by atoms with Crippen molar-refractivity contribution in [2.75, 3.05) is 5.75 Å². The molecule has 0 aromatic heterocycles. The first kappa shape index (κ1) is 20.1. The van der Waals surface area contributed by atoms with Gasteiger partial charge in [0, 0.05) is 17.2 Å². The first-order chi connectivity index (χ1) is 12.3. The Labute approximate surface area is 159 Å². The van der Waals surface area contributed by atoms with E-state index in [9.17, 15) is 14.9 Å². The van der Waals surface area contributed by atoms with E-state index in [1.165, 1.54) is 11.8 Å². The fourth-order valence-corrected chi connectivity index (χ4v) is 4.32. The lowest BCUT2D eigenvalue weighted by Gasteiger charge is -2.30. The highest BCUT2D eigenvalue weighted by Gasteiger charge is 2.36. The predicted octanol–water partition coefficient (Wildman–Crippen LogP) is 4.68. The molecule has 0 spiro atoms. The zero-order valence-corrected chi connectivity index (χ0v) is 16.5. The summed E-state index contributed by atoms with van der Waals surface area (Å²) in [4.78, 5) is 29.0. The van der Waals surface area contributed by atoms with Crippen LogP contribution in [0.2, 0.25) is 0 Å². The monoisotopic (exact) mass is 368 g/mol. The van der Waals surface area contributed by atoms with Gasteiger partial charge in [-0.3, -0.25) is 9.59 Å². The molecule has 4 nitrogen and oxygen atoms in total. The number of aliphatic imine (C=N–C) groups is 1. The lowest BCUT2D eigenvalue weighted by molar-refractivity contribution is -0.119. The Balaban J connectivity index is 2.28. The summed E-state index contributed by atoms with van der Waals surface area (Å²) in [7, 11) is 0. The van der Waals surface area contributed by atoms with Crippen LogP contribution in [0.15, 0.2) is 45.9 Å². The second kappa shape index (κ2) is 8.95. The van der Waals surface area contributed by atoms with Crippen LogP contribution in [0.3, 0.4) is 0 Å². The minimum Gasteiger partial charge on any atom is -0.299 e. The third-order valence-electron chi connectivity index (χ3n) is 4.45. The summed E-state index contributed by atoms with van der Waals surface area (Å²) >= 11 is 1.29. The Bertz CT molecular complexity index is 788. The van der Waals surface area contributed by atoms with Crippen molar-refractivity contribution >= 4 is 29.0 Å². The standard InChI is InChI=1S/C21H24N2O2S/c1-13(2)10-17-18(11-22)21(23-14(3)20(17)15(4)24)26-12-19(25)16-8-6-5-7-9-16/h5-9,13,17,20H,10,12H2,1-4H3/t17-,20?/m0/s1. The third kappa shape index (κ3) is 4.70. The first-order valence-electron chi connectivity index (χ1n) is 8.76. The van der Waals surface area contributed by atoms with Crippen LogP contribution in [0.5, 0.6) is 0 Å². The number of carbonyl (C=O) groups is 2. The maximum atomic E-state index is 12.4. The van der Waals surface area contributed by atoms with Crippen molar-refractivity contribution in [1.29, 1.82) is 5.26 Å². The van der Waals surface area contributed by atoms with Crippen LogP contribution >= 0.6 is 11.8 Å². The molecular weight excluding hydrogens is 344 g/mol. The second-order valence-electron chi connectivity index (χ2n) is 6.99. The Morgan fingerprint density at radius 2 is 1.92 bits per heavy atom. The van der Waals surface area contributed by atoms with E-state index in [0.717, 1.165) is 12.1 Å². The molecule has 5 heteroatoms. The minimum atomic E-state index is -0.346. The summed E-state index contributed by atoms with van der Waals surface area (Å²) < 4.78 is 0. The van der Waals surface area contributed by atoms with Crippen molar-refractivity contribution in [2.45, 2.75) is 34.1 Å². The van der Waals surface area contributed by atoms with Gasteiger partial charge < -0.3 is 0 Å². The van der Waals surface area contributed by atoms with Crippen LogP contribution in [0.25, 0.3) is 0 Å². The Kier molecular flexibility index (Phi) is 6.93. The number of Topliss-reactive ketones (excluding diaryl/α,β-unsaturated/α-hetero) is 2. The Morgan fingerprint density at radius 1 is 1.27 bits per heavy atom. The molecule has 1 aromatic carbocycles. The minimum absolute atomic E-state index is 0.00217. The fourth-order valence-electron chi connectivity index (χ4n) is 3.33. The van der Waals surface area contributed by atoms with Gasteiger partial charge >= 0.3 is 0 Å². The largest absolute Gasteiger partial charge is 0.299 e. The van der Waals surface area contributed by atoms with E-state index in [1.807, 2.05) is 25.1 Å². The van der Waals surface area contributed by atoms with Gasteiger partial charge in [-0.05, 0) is 26.2 Å². The van der Waals surface area contributed by atoms with Crippen LogP contribution in [0.4, 0.5) is 0 Å². The zero-order chi connectivity index (χ0) is 19.3. The topological polar surface area (TPSA) is 70.3 Å². The summed E-state index contributed by atoms with van der Waals surface area (Å²) in [6.07, 6.45) is 0.747. The van der Waals surface area contributed by atoms with Crippen LogP contribution in [-0.2, 0) is 4.79 Å². The molecule has 0 amide bonds. The molecule has 136 valence electrons. The average molecular weight is 369 g/mol. The highest BCUT2D eigenvalue weighted by atomic mass is 32.2. The second-order valence-corrected chi connectivity index (χ2v) is 7.95. The highest BCUT2D eigenvalue weighted by Crippen LogP contribution is 2.39. The molecular formula is C21H24N2O2S. The van der Waals surface area contributed by atoms with Crippen LogP contribution in [-0.4, -0.2) is 23.0 Å². The molecule has 0 saturated carbocycles. The lowest BCUT2D eigenvalue weighted by Crippen LogP contribution is -2.33. The fraction of sp³-hybridized carbons (Fsp3) is 0.429. The predicted molar refractivity (Wildman–Crippen MR) is 106 cm³/mol. The molecule has 1 aliphatic heterocycles. The molecule has 1 unspecified atom stereocenters. The van der Waals surface area contributed by atoms with Gasteiger partial charge in [-0.25, -0.2) is 4.99 Å². The van der Waals surface area contributed by atoms with Gasteiger partial charge in [0.1, 0.15) is 10.8 Å². The third-order valence-corrected chi connectivity index (χ3v) is 5.44. The van der Waals surface area contributed by atoms with Gasteiger partial charge in [0.25, 0.3) is 0 Å². The zero-order valence-electron chi connectivity index (χ0n) is 15.7. The SMILES string of the molecule is CC(=O)C1C(C)=NC(SCC(=O)c2ccccc2)=C(C#N)[C@@H]1CC(C)C. The summed E-state index contributed by atoms with van der Waals surface area (Å²) in [6.45, 7) is 7.56. The van der Waals surface area contributed by atoms with E-state index in [4.69, 9.17) is 0 Å². The molecule has 0 N–H and O–H groups in total. The van der Waals surface area contributed by atoms with Crippen molar-refractivity contribution < 1.29 is 9.59 Å². The Hall–Kier alpha value is -2.19. The summed E-state index contributed by atoms with van der Waals surface area (Å²) in [5, 5.41) is 10.3. The number of rotatable bonds is 7. The van der Waals surface area contributed by atoms with Crippen molar-refractivity contribution in [3.05, 3.63) is 46.5 Å². The van der Waals surface area contributed by atoms with Crippen LogP contribution in [0, 0.1) is 29.1 Å². The average Bonchev–Trinajstić information content (AvgIpc) is 2.59. The molecule has 0 fully saturated rings. The summed E-state index contributed by atoms with van der Waals surface area (Å²) in [5.41, 5.74) is 1.92. The smallest absolute Gasteiger partial charge is 0.173 e. The number of hydrogen-bond donors (Lipinski definition) is 0. The number of carbonyl (C=O) groups excluding carboxylic acids is 2. The van der Waals surface area contributed by atoms with E-state index >= 15 is 0 Å². The van der Waals surface area contributed by atoms with E-state index in [0.29, 0.717) is 22.1 Å². The van der Waals surface area contributed by atoms with Gasteiger partial charge in [-0.2, -0.15) is 5.26 Å². The van der Waals surface area contributed by atoms with Gasteiger partial charge in [-0.15, -0.1) is 0 Å². The number of nitriles is 1. The number of allylic oxidation sites excluding steroid dienone is 1. The van der Waals surface area contributed by atoms with Crippen molar-refractivity contribution in [3.8, 4) is 6.07 Å². The van der Waals surface area contributed by atoms with Crippen LogP contribution in [0.1, 0.15) is 44.5 Å². The summed E-state index contributed by atoms with van der Waals surface area (Å²) in [6, 6.07) is 11.4. The number of nitrogens with zero attached hydrogens (tertiary/aromatic N) is 2. The molecule has 0 saturated heterocycles. The molecule has 26 heavy (non-hydrogen) atoms. The first-order valence-corrected chi connectivity index (χ1v) is 9.74.